The molecule has 0 aromatic heterocycles. The maximum absolute atomic E-state index is 13.0. The fourth-order valence-corrected chi connectivity index (χ4v) is 3.72. The van der Waals surface area contributed by atoms with E-state index in [1.165, 1.54) is 0 Å². The molecule has 2 aromatic carbocycles. The summed E-state index contributed by atoms with van der Waals surface area (Å²) in [5, 5.41) is 4.09. The SMILES string of the molecule is COc1ccc(C(C)CC(=O)N2CCNCC2c2ccccc2Cl)cc1.Cl. The van der Waals surface area contributed by atoms with Crippen LogP contribution in [0.4, 0.5) is 0 Å². The quantitative estimate of drug-likeness (QED) is 0.794. The molecule has 1 amide bonds. The Morgan fingerprint density at radius 1 is 1.26 bits per heavy atom. The number of hydrogen-bond donors (Lipinski definition) is 1. The van der Waals surface area contributed by atoms with Crippen LogP contribution in [-0.2, 0) is 4.79 Å². The number of carbonyl (C=O) groups excluding carboxylic acids is 1. The van der Waals surface area contributed by atoms with Gasteiger partial charge in [-0.1, -0.05) is 48.9 Å². The number of carbonyl (C=O) groups is 1. The summed E-state index contributed by atoms with van der Waals surface area (Å²) in [6.45, 7) is 4.33. The van der Waals surface area contributed by atoms with E-state index >= 15 is 0 Å². The lowest BCUT2D eigenvalue weighted by molar-refractivity contribution is -0.134. The van der Waals surface area contributed by atoms with Crippen LogP contribution in [0.1, 0.15) is 36.4 Å². The number of halogens is 2. The van der Waals surface area contributed by atoms with Gasteiger partial charge < -0.3 is 15.0 Å². The van der Waals surface area contributed by atoms with Crippen molar-refractivity contribution in [2.75, 3.05) is 26.7 Å². The number of methoxy groups -OCH3 is 1. The zero-order valence-electron chi connectivity index (χ0n) is 15.7. The number of hydrogen-bond acceptors (Lipinski definition) is 3. The monoisotopic (exact) mass is 408 g/mol. The van der Waals surface area contributed by atoms with Crippen molar-refractivity contribution >= 4 is 29.9 Å². The molecule has 1 heterocycles. The van der Waals surface area contributed by atoms with Gasteiger partial charge in [-0.2, -0.15) is 0 Å². The van der Waals surface area contributed by atoms with Crippen molar-refractivity contribution < 1.29 is 9.53 Å². The van der Waals surface area contributed by atoms with Gasteiger partial charge in [-0.25, -0.2) is 0 Å². The number of nitrogens with one attached hydrogen (secondary N) is 1. The van der Waals surface area contributed by atoms with Crippen LogP contribution in [0.2, 0.25) is 5.02 Å². The molecule has 4 nitrogen and oxygen atoms in total. The molecule has 146 valence electrons. The Morgan fingerprint density at radius 2 is 1.96 bits per heavy atom. The van der Waals surface area contributed by atoms with Gasteiger partial charge in [-0.15, -0.1) is 12.4 Å². The predicted octanol–water partition coefficient (Wildman–Crippen LogP) is 4.44. The van der Waals surface area contributed by atoms with Crippen LogP contribution in [0.15, 0.2) is 48.5 Å². The fourth-order valence-electron chi connectivity index (χ4n) is 3.46. The second-order valence-electron chi connectivity index (χ2n) is 6.71. The van der Waals surface area contributed by atoms with E-state index in [0.717, 1.165) is 30.0 Å². The standard InChI is InChI=1S/C21H25ClN2O2.ClH/c1-15(16-7-9-17(26-2)10-8-16)13-21(25)24-12-11-23-14-20(24)18-5-3-4-6-19(18)22;/h3-10,15,20,23H,11-14H2,1-2H3;1H. The molecule has 1 saturated heterocycles. The highest BCUT2D eigenvalue weighted by atomic mass is 35.5. The topological polar surface area (TPSA) is 41.6 Å². The Kier molecular flexibility index (Phi) is 7.96. The van der Waals surface area contributed by atoms with E-state index in [1.54, 1.807) is 7.11 Å². The van der Waals surface area contributed by atoms with Crippen LogP contribution >= 0.6 is 24.0 Å². The lowest BCUT2D eigenvalue weighted by Crippen LogP contribution is -2.49. The Hall–Kier alpha value is -1.75. The molecule has 0 spiro atoms. The largest absolute Gasteiger partial charge is 0.497 e. The van der Waals surface area contributed by atoms with Crippen molar-refractivity contribution in [1.82, 2.24) is 10.2 Å². The minimum atomic E-state index is -0.0204. The van der Waals surface area contributed by atoms with Gasteiger partial charge in [0.25, 0.3) is 0 Å². The first kappa shape index (κ1) is 21.5. The molecule has 27 heavy (non-hydrogen) atoms. The maximum atomic E-state index is 13.0. The summed E-state index contributed by atoms with van der Waals surface area (Å²) in [6, 6.07) is 15.7. The van der Waals surface area contributed by atoms with Crippen molar-refractivity contribution in [2.45, 2.75) is 25.3 Å². The zero-order valence-corrected chi connectivity index (χ0v) is 17.2. The highest BCUT2D eigenvalue weighted by Crippen LogP contribution is 2.30. The molecule has 2 aromatic rings. The van der Waals surface area contributed by atoms with Crippen molar-refractivity contribution in [3.8, 4) is 5.75 Å². The van der Waals surface area contributed by atoms with Gasteiger partial charge in [-0.3, -0.25) is 4.79 Å². The summed E-state index contributed by atoms with van der Waals surface area (Å²) >= 11 is 6.38. The molecule has 3 rings (SSSR count). The minimum absolute atomic E-state index is 0. The lowest BCUT2D eigenvalue weighted by Gasteiger charge is -2.37. The number of ether oxygens (including phenoxy) is 1. The van der Waals surface area contributed by atoms with Crippen molar-refractivity contribution in [2.24, 2.45) is 0 Å². The Morgan fingerprint density at radius 3 is 2.63 bits per heavy atom. The molecule has 6 heteroatoms. The molecule has 1 aliphatic heterocycles. The van der Waals surface area contributed by atoms with Crippen molar-refractivity contribution in [3.63, 3.8) is 0 Å². The van der Waals surface area contributed by atoms with Crippen LogP contribution in [-0.4, -0.2) is 37.6 Å². The number of amides is 1. The van der Waals surface area contributed by atoms with E-state index in [-0.39, 0.29) is 30.3 Å². The minimum Gasteiger partial charge on any atom is -0.497 e. The molecule has 2 atom stereocenters. The second kappa shape index (κ2) is 9.98. The third-order valence-electron chi connectivity index (χ3n) is 4.99. The van der Waals surface area contributed by atoms with Gasteiger partial charge in [0.1, 0.15) is 5.75 Å². The fraction of sp³-hybridized carbons (Fsp3) is 0.381. The lowest BCUT2D eigenvalue weighted by atomic mass is 9.95. The van der Waals surface area contributed by atoms with E-state index in [0.29, 0.717) is 18.0 Å². The first-order valence-corrected chi connectivity index (χ1v) is 9.36. The molecular weight excluding hydrogens is 383 g/mol. The van der Waals surface area contributed by atoms with E-state index in [4.69, 9.17) is 16.3 Å². The molecule has 1 N–H and O–H groups in total. The van der Waals surface area contributed by atoms with Crippen LogP contribution in [0.3, 0.4) is 0 Å². The summed E-state index contributed by atoms with van der Waals surface area (Å²) in [4.78, 5) is 15.0. The zero-order chi connectivity index (χ0) is 18.5. The van der Waals surface area contributed by atoms with Gasteiger partial charge in [0, 0.05) is 31.1 Å². The van der Waals surface area contributed by atoms with E-state index in [9.17, 15) is 4.79 Å². The summed E-state index contributed by atoms with van der Waals surface area (Å²) in [6.07, 6.45) is 0.479. The maximum Gasteiger partial charge on any atom is 0.223 e. The highest BCUT2D eigenvalue weighted by Gasteiger charge is 2.29. The molecule has 1 fully saturated rings. The van der Waals surface area contributed by atoms with Gasteiger partial charge in [-0.05, 0) is 35.2 Å². The Balaban J connectivity index is 0.00000261. The number of piperazine rings is 1. The first-order valence-electron chi connectivity index (χ1n) is 8.98. The van der Waals surface area contributed by atoms with Gasteiger partial charge >= 0.3 is 0 Å². The molecule has 0 radical (unpaired) electrons. The average molecular weight is 409 g/mol. The molecular formula is C21H26Cl2N2O2. The van der Waals surface area contributed by atoms with E-state index in [1.807, 2.05) is 53.4 Å². The van der Waals surface area contributed by atoms with E-state index in [2.05, 4.69) is 12.2 Å². The molecule has 1 aliphatic rings. The third kappa shape index (κ3) is 5.16. The molecule has 0 aliphatic carbocycles. The molecule has 2 unspecified atom stereocenters. The Bertz CT molecular complexity index is 752. The predicted molar refractivity (Wildman–Crippen MR) is 112 cm³/mol. The van der Waals surface area contributed by atoms with E-state index < -0.39 is 0 Å². The van der Waals surface area contributed by atoms with Crippen LogP contribution < -0.4 is 10.1 Å². The van der Waals surface area contributed by atoms with Gasteiger partial charge in [0.2, 0.25) is 5.91 Å². The third-order valence-corrected chi connectivity index (χ3v) is 5.34. The van der Waals surface area contributed by atoms with Crippen LogP contribution in [0.5, 0.6) is 5.75 Å². The van der Waals surface area contributed by atoms with Crippen LogP contribution in [0, 0.1) is 0 Å². The van der Waals surface area contributed by atoms with Crippen LogP contribution in [0.25, 0.3) is 0 Å². The summed E-state index contributed by atoms with van der Waals surface area (Å²) in [5.74, 6) is 1.14. The normalized spacial score (nSPS) is 17.7. The molecule has 0 saturated carbocycles. The highest BCUT2D eigenvalue weighted by molar-refractivity contribution is 6.31. The van der Waals surface area contributed by atoms with Gasteiger partial charge in [0.05, 0.1) is 13.2 Å². The smallest absolute Gasteiger partial charge is 0.223 e. The number of rotatable bonds is 5. The average Bonchev–Trinajstić information content (AvgIpc) is 2.68. The summed E-state index contributed by atoms with van der Waals surface area (Å²) in [7, 11) is 1.65. The number of benzene rings is 2. The molecule has 0 bridgehead atoms. The number of nitrogens with zero attached hydrogens (tertiary/aromatic N) is 1. The Labute approximate surface area is 172 Å². The van der Waals surface area contributed by atoms with Crippen molar-refractivity contribution in [1.29, 1.82) is 0 Å². The summed E-state index contributed by atoms with van der Waals surface area (Å²) in [5.41, 5.74) is 2.15. The first-order chi connectivity index (χ1) is 12.6. The van der Waals surface area contributed by atoms with Crippen molar-refractivity contribution in [3.05, 3.63) is 64.7 Å². The van der Waals surface area contributed by atoms with Gasteiger partial charge in [0.15, 0.2) is 0 Å². The summed E-state index contributed by atoms with van der Waals surface area (Å²) < 4.78 is 5.20. The second-order valence-corrected chi connectivity index (χ2v) is 7.11.